The number of fused-ring (bicyclic) bond motifs is 3. The van der Waals surface area contributed by atoms with Crippen molar-refractivity contribution in [3.05, 3.63) is 94.3 Å². The van der Waals surface area contributed by atoms with E-state index in [0.717, 1.165) is 23.6 Å². The third-order valence-corrected chi connectivity index (χ3v) is 6.91. The first kappa shape index (κ1) is 24.3. The van der Waals surface area contributed by atoms with Crippen LogP contribution in [0, 0.1) is 5.82 Å². The lowest BCUT2D eigenvalue weighted by Crippen LogP contribution is -2.62. The van der Waals surface area contributed by atoms with E-state index in [9.17, 15) is 23.1 Å². The third kappa shape index (κ3) is 4.14. The van der Waals surface area contributed by atoms with Crippen LogP contribution in [0.1, 0.15) is 35.2 Å². The van der Waals surface area contributed by atoms with Gasteiger partial charge < -0.3 is 14.7 Å². The Labute approximate surface area is 205 Å². The van der Waals surface area contributed by atoms with Gasteiger partial charge in [0.2, 0.25) is 0 Å². The predicted octanol–water partition coefficient (Wildman–Crippen LogP) is 4.60. The molecule has 5 rings (SSSR count). The third-order valence-electron chi connectivity index (χ3n) is 6.91. The van der Waals surface area contributed by atoms with Gasteiger partial charge in [0.1, 0.15) is 24.2 Å². The van der Waals surface area contributed by atoms with Crippen molar-refractivity contribution >= 4 is 5.91 Å². The highest BCUT2D eigenvalue weighted by Crippen LogP contribution is 2.42. The Hall–Kier alpha value is -3.37. The zero-order chi connectivity index (χ0) is 25.6. The van der Waals surface area contributed by atoms with E-state index in [1.807, 2.05) is 24.3 Å². The van der Waals surface area contributed by atoms with Gasteiger partial charge in [-0.05, 0) is 48.6 Å². The maximum Gasteiger partial charge on any atom is 0.408 e. The van der Waals surface area contributed by atoms with E-state index < -0.39 is 42.4 Å². The number of alkyl halides is 3. The first-order chi connectivity index (χ1) is 17.2. The second kappa shape index (κ2) is 9.25. The fourth-order valence-corrected chi connectivity index (χ4v) is 5.05. The Kier molecular flexibility index (Phi) is 6.25. The van der Waals surface area contributed by atoms with Crippen molar-refractivity contribution in [2.24, 2.45) is 0 Å². The molecule has 10 heteroatoms. The molecule has 1 N–H and O–H groups in total. The Morgan fingerprint density at radius 1 is 1.08 bits per heavy atom. The summed E-state index contributed by atoms with van der Waals surface area (Å²) in [5.74, 6) is -1.97. The zero-order valence-electron chi connectivity index (χ0n) is 19.5. The molecule has 2 aromatic carbocycles. The molecule has 2 heterocycles. The van der Waals surface area contributed by atoms with Crippen molar-refractivity contribution in [2.45, 2.75) is 38.0 Å². The number of rotatable bonds is 2. The van der Waals surface area contributed by atoms with Gasteiger partial charge in [-0.25, -0.2) is 4.39 Å². The number of nitrogens with zero attached hydrogens (tertiary/aromatic N) is 3. The Morgan fingerprint density at radius 2 is 1.81 bits per heavy atom. The highest BCUT2D eigenvalue weighted by molar-refractivity contribution is 5.94. The molecule has 1 unspecified atom stereocenters. The monoisotopic (exact) mass is 503 g/mol. The fourth-order valence-electron chi connectivity index (χ4n) is 5.05. The molecule has 1 amide bonds. The van der Waals surface area contributed by atoms with Crippen LogP contribution in [0.15, 0.2) is 66.2 Å². The Balaban J connectivity index is 1.75. The number of aliphatic hydroxyl groups excluding tert-OH is 1. The van der Waals surface area contributed by atoms with Crippen LogP contribution in [0.2, 0.25) is 0 Å². The van der Waals surface area contributed by atoms with E-state index in [-0.39, 0.29) is 18.9 Å². The van der Waals surface area contributed by atoms with E-state index in [1.54, 1.807) is 18.2 Å². The standard InChI is InChI=1S/C26H25F4N3O3/c1-16(26(28,29)30)31-15-33(32-12-5-13-36-14-21(34)24(32)25(31)35)23-19-8-3-2-6-17(19)10-11-18-7-4-9-20(27)22(18)23/h2-9,12,16,23,34H,10-11,13-15H2,1H3/b12-5-,24-21+/t16-,23?/m1/s1. The van der Waals surface area contributed by atoms with Crippen LogP contribution in [0.3, 0.4) is 0 Å². The van der Waals surface area contributed by atoms with Crippen LogP contribution in [0.5, 0.6) is 0 Å². The number of carbonyl (C=O) groups excluding carboxylic acids is 1. The number of hydrogen-bond acceptors (Lipinski definition) is 5. The Bertz CT molecular complexity index is 1240. The van der Waals surface area contributed by atoms with Gasteiger partial charge in [0.25, 0.3) is 5.91 Å². The minimum Gasteiger partial charge on any atom is -0.507 e. The summed E-state index contributed by atoms with van der Waals surface area (Å²) in [5, 5.41) is 13.6. The molecule has 3 aliphatic rings. The number of hydrazine groups is 1. The van der Waals surface area contributed by atoms with Gasteiger partial charge in [-0.3, -0.25) is 9.80 Å². The largest absolute Gasteiger partial charge is 0.507 e. The number of aliphatic hydroxyl groups is 1. The lowest BCUT2D eigenvalue weighted by atomic mass is 9.93. The molecule has 36 heavy (non-hydrogen) atoms. The molecule has 1 saturated heterocycles. The molecule has 0 radical (unpaired) electrons. The smallest absolute Gasteiger partial charge is 0.408 e. The van der Waals surface area contributed by atoms with Crippen molar-refractivity contribution in [1.29, 1.82) is 0 Å². The van der Waals surface area contributed by atoms with Crippen molar-refractivity contribution in [3.8, 4) is 0 Å². The summed E-state index contributed by atoms with van der Waals surface area (Å²) in [7, 11) is 0. The van der Waals surface area contributed by atoms with Gasteiger partial charge in [0.05, 0.1) is 19.3 Å². The normalized spacial score (nSPS) is 24.7. The van der Waals surface area contributed by atoms with E-state index in [0.29, 0.717) is 23.3 Å². The maximum absolute atomic E-state index is 15.5. The molecule has 0 spiro atoms. The number of halogens is 4. The van der Waals surface area contributed by atoms with E-state index in [2.05, 4.69) is 0 Å². The average molecular weight is 503 g/mol. The minimum atomic E-state index is -4.71. The van der Waals surface area contributed by atoms with Crippen LogP contribution in [-0.4, -0.2) is 58.0 Å². The van der Waals surface area contributed by atoms with Crippen molar-refractivity contribution < 1.29 is 32.2 Å². The quantitative estimate of drug-likeness (QED) is 0.608. The number of aryl methyl sites for hydroxylation is 2. The van der Waals surface area contributed by atoms with Gasteiger partial charge in [0.15, 0.2) is 5.70 Å². The summed E-state index contributed by atoms with van der Waals surface area (Å²) in [4.78, 5) is 14.0. The minimum absolute atomic E-state index is 0.116. The van der Waals surface area contributed by atoms with Crippen molar-refractivity contribution in [3.63, 3.8) is 0 Å². The topological polar surface area (TPSA) is 56.3 Å². The van der Waals surface area contributed by atoms with E-state index >= 15 is 4.39 Å². The van der Waals surface area contributed by atoms with Gasteiger partial charge in [-0.15, -0.1) is 0 Å². The molecule has 190 valence electrons. The molecule has 2 aromatic rings. The second-order valence-electron chi connectivity index (χ2n) is 9.03. The number of benzene rings is 2. The summed E-state index contributed by atoms with van der Waals surface area (Å²) >= 11 is 0. The lowest BCUT2D eigenvalue weighted by molar-refractivity contribution is -0.204. The van der Waals surface area contributed by atoms with Crippen LogP contribution >= 0.6 is 0 Å². The molecule has 0 aromatic heterocycles. The van der Waals surface area contributed by atoms with Crippen LogP contribution < -0.4 is 0 Å². The highest BCUT2D eigenvalue weighted by atomic mass is 19.4. The molecule has 1 aliphatic carbocycles. The van der Waals surface area contributed by atoms with Gasteiger partial charge in [-0.1, -0.05) is 36.4 Å². The first-order valence-electron chi connectivity index (χ1n) is 11.6. The first-order valence-corrected chi connectivity index (χ1v) is 11.6. The van der Waals surface area contributed by atoms with E-state index in [1.165, 1.54) is 22.3 Å². The lowest BCUT2D eigenvalue weighted by Gasteiger charge is -2.49. The molecule has 6 nitrogen and oxygen atoms in total. The number of amides is 1. The summed E-state index contributed by atoms with van der Waals surface area (Å²) in [6, 6.07) is 9.17. The molecular formula is C26H25F4N3O3. The van der Waals surface area contributed by atoms with E-state index in [4.69, 9.17) is 4.74 Å². The fraction of sp³-hybridized carbons (Fsp3) is 0.346. The summed E-state index contributed by atoms with van der Waals surface area (Å²) < 4.78 is 62.3. The molecule has 2 aliphatic heterocycles. The highest BCUT2D eigenvalue weighted by Gasteiger charge is 2.49. The number of hydrogen-bond donors (Lipinski definition) is 1. The van der Waals surface area contributed by atoms with Crippen LogP contribution in [0.4, 0.5) is 17.6 Å². The van der Waals surface area contributed by atoms with Crippen LogP contribution in [0.25, 0.3) is 0 Å². The second-order valence-corrected chi connectivity index (χ2v) is 9.03. The summed E-state index contributed by atoms with van der Waals surface area (Å²) in [5.41, 5.74) is 2.37. The predicted molar refractivity (Wildman–Crippen MR) is 123 cm³/mol. The number of carbonyl (C=O) groups is 1. The SMILES string of the molecule is C[C@@H](N1CN(C2c3ccccc3CCc3cccc(F)c32)N2/C=C\COC/C(O)=C\2C1=O)C(F)(F)F. The maximum atomic E-state index is 15.5. The van der Waals surface area contributed by atoms with Crippen molar-refractivity contribution in [1.82, 2.24) is 14.9 Å². The average Bonchev–Trinajstić information content (AvgIpc) is 2.99. The van der Waals surface area contributed by atoms with Gasteiger partial charge in [-0.2, -0.15) is 18.2 Å². The molecular weight excluding hydrogens is 478 g/mol. The van der Waals surface area contributed by atoms with Crippen molar-refractivity contribution in [2.75, 3.05) is 19.9 Å². The summed E-state index contributed by atoms with van der Waals surface area (Å²) in [6.07, 6.45) is -0.464. The molecule has 0 saturated carbocycles. The zero-order valence-corrected chi connectivity index (χ0v) is 19.5. The Morgan fingerprint density at radius 3 is 2.58 bits per heavy atom. The van der Waals surface area contributed by atoms with Gasteiger partial charge in [0, 0.05) is 11.8 Å². The molecule has 0 bridgehead atoms. The number of ether oxygens (including phenoxy) is 1. The van der Waals surface area contributed by atoms with Crippen LogP contribution in [-0.2, 0) is 22.4 Å². The molecule has 1 fully saturated rings. The summed E-state index contributed by atoms with van der Waals surface area (Å²) in [6.45, 7) is 0.184. The van der Waals surface area contributed by atoms with Gasteiger partial charge >= 0.3 is 6.18 Å². The molecule has 2 atom stereocenters.